The molecule has 1 unspecified atom stereocenters. The summed E-state index contributed by atoms with van der Waals surface area (Å²) >= 11 is 0. The minimum absolute atomic E-state index is 0.0601. The number of nitrogens with one attached hydrogen (secondary N) is 1. The molecule has 1 atom stereocenters. The second-order valence-electron chi connectivity index (χ2n) is 3.76. The highest BCUT2D eigenvalue weighted by Gasteiger charge is 2.32. The molecule has 0 radical (unpaired) electrons. The topological polar surface area (TPSA) is 41.3 Å². The van der Waals surface area contributed by atoms with E-state index in [0.717, 1.165) is 19.5 Å². The lowest BCUT2D eigenvalue weighted by Crippen LogP contribution is -2.53. The summed E-state index contributed by atoms with van der Waals surface area (Å²) in [5.74, 6) is 0. The fourth-order valence-corrected chi connectivity index (χ4v) is 1.46. The quantitative estimate of drug-likeness (QED) is 0.606. The second kappa shape index (κ2) is 3.09. The van der Waals surface area contributed by atoms with Crippen LogP contribution in [0.15, 0.2) is 0 Å². The smallest absolute Gasteiger partial charge is 0.112 e. The van der Waals surface area contributed by atoms with Crippen LogP contribution in [0.5, 0.6) is 0 Å². The van der Waals surface area contributed by atoms with E-state index in [2.05, 4.69) is 31.0 Å². The Hall–Kier alpha value is -0.120. The van der Waals surface area contributed by atoms with E-state index in [1.807, 2.05) is 0 Å². The summed E-state index contributed by atoms with van der Waals surface area (Å²) in [4.78, 5) is 2.31. The minimum atomic E-state index is 0.0601. The molecule has 0 aliphatic carbocycles. The third kappa shape index (κ3) is 1.72. The molecule has 1 fully saturated rings. The molecule has 3 heteroatoms. The Kier molecular flexibility index (Phi) is 2.52. The SMILES string of the molecule is CCC(C)(C)N1CCNC1N. The predicted molar refractivity (Wildman–Crippen MR) is 47.1 cm³/mol. The highest BCUT2D eigenvalue weighted by atomic mass is 15.4. The Bertz CT molecular complexity index is 133. The van der Waals surface area contributed by atoms with E-state index in [1.165, 1.54) is 0 Å². The van der Waals surface area contributed by atoms with Gasteiger partial charge in [-0.3, -0.25) is 10.2 Å². The lowest BCUT2D eigenvalue weighted by molar-refractivity contribution is 0.0984. The molecule has 1 rings (SSSR count). The zero-order chi connectivity index (χ0) is 8.48. The van der Waals surface area contributed by atoms with Gasteiger partial charge in [0.25, 0.3) is 0 Å². The number of hydrogen-bond donors (Lipinski definition) is 2. The highest BCUT2D eigenvalue weighted by molar-refractivity contribution is 4.86. The van der Waals surface area contributed by atoms with Gasteiger partial charge in [0.2, 0.25) is 0 Å². The van der Waals surface area contributed by atoms with Crippen LogP contribution in [0.2, 0.25) is 0 Å². The molecule has 0 spiro atoms. The van der Waals surface area contributed by atoms with Crippen molar-refractivity contribution in [1.82, 2.24) is 10.2 Å². The molecule has 0 saturated carbocycles. The molecule has 3 N–H and O–H groups in total. The molecular weight excluding hydrogens is 138 g/mol. The van der Waals surface area contributed by atoms with Crippen molar-refractivity contribution >= 4 is 0 Å². The van der Waals surface area contributed by atoms with Crippen LogP contribution in [-0.2, 0) is 0 Å². The van der Waals surface area contributed by atoms with Crippen molar-refractivity contribution < 1.29 is 0 Å². The van der Waals surface area contributed by atoms with Gasteiger partial charge in [0.05, 0.1) is 0 Å². The Balaban J connectivity index is 2.58. The van der Waals surface area contributed by atoms with Crippen molar-refractivity contribution in [2.75, 3.05) is 13.1 Å². The van der Waals surface area contributed by atoms with E-state index in [0.29, 0.717) is 0 Å². The fourth-order valence-electron chi connectivity index (χ4n) is 1.46. The Labute approximate surface area is 68.9 Å². The Morgan fingerprint density at radius 2 is 2.27 bits per heavy atom. The molecule has 1 aliphatic rings. The van der Waals surface area contributed by atoms with Gasteiger partial charge in [-0.1, -0.05) is 6.92 Å². The normalized spacial score (nSPS) is 27.8. The van der Waals surface area contributed by atoms with Crippen molar-refractivity contribution in [3.63, 3.8) is 0 Å². The van der Waals surface area contributed by atoms with Crippen molar-refractivity contribution in [1.29, 1.82) is 0 Å². The molecular formula is C8H19N3. The number of rotatable bonds is 2. The summed E-state index contributed by atoms with van der Waals surface area (Å²) in [6.45, 7) is 8.76. The highest BCUT2D eigenvalue weighted by Crippen LogP contribution is 2.20. The molecule has 0 aromatic heterocycles. The summed E-state index contributed by atoms with van der Waals surface area (Å²) in [6.07, 6.45) is 1.20. The van der Waals surface area contributed by atoms with E-state index < -0.39 is 0 Å². The van der Waals surface area contributed by atoms with Gasteiger partial charge in [0.1, 0.15) is 6.29 Å². The Morgan fingerprint density at radius 1 is 1.64 bits per heavy atom. The van der Waals surface area contributed by atoms with Crippen LogP contribution in [0.3, 0.4) is 0 Å². The summed E-state index contributed by atoms with van der Waals surface area (Å²) < 4.78 is 0. The summed E-state index contributed by atoms with van der Waals surface area (Å²) in [5.41, 5.74) is 6.09. The predicted octanol–water partition coefficient (Wildman–Crippen LogP) is 0.323. The molecule has 0 amide bonds. The van der Waals surface area contributed by atoms with E-state index >= 15 is 0 Å². The van der Waals surface area contributed by atoms with Gasteiger partial charge < -0.3 is 5.73 Å². The molecule has 1 heterocycles. The molecule has 1 saturated heterocycles. The van der Waals surface area contributed by atoms with Gasteiger partial charge in [-0.15, -0.1) is 0 Å². The maximum atomic E-state index is 5.86. The van der Waals surface area contributed by atoms with E-state index in [1.54, 1.807) is 0 Å². The largest absolute Gasteiger partial charge is 0.303 e. The first-order chi connectivity index (χ1) is 5.08. The first-order valence-electron chi connectivity index (χ1n) is 4.33. The molecule has 1 aliphatic heterocycles. The van der Waals surface area contributed by atoms with E-state index in [9.17, 15) is 0 Å². The van der Waals surface area contributed by atoms with Crippen LogP contribution >= 0.6 is 0 Å². The third-order valence-electron chi connectivity index (χ3n) is 2.68. The van der Waals surface area contributed by atoms with Crippen LogP contribution in [-0.4, -0.2) is 29.8 Å². The van der Waals surface area contributed by atoms with Gasteiger partial charge in [-0.25, -0.2) is 0 Å². The van der Waals surface area contributed by atoms with E-state index in [-0.39, 0.29) is 11.8 Å². The first kappa shape index (κ1) is 8.97. The summed E-state index contributed by atoms with van der Waals surface area (Å²) in [7, 11) is 0. The van der Waals surface area contributed by atoms with Crippen molar-refractivity contribution in [3.8, 4) is 0 Å². The van der Waals surface area contributed by atoms with Crippen LogP contribution in [0.1, 0.15) is 27.2 Å². The van der Waals surface area contributed by atoms with Crippen LogP contribution in [0.25, 0.3) is 0 Å². The standard InChI is InChI=1S/C8H19N3/c1-4-8(2,3)11-6-5-10-7(11)9/h7,10H,4-6,9H2,1-3H3. The van der Waals surface area contributed by atoms with Crippen molar-refractivity contribution in [2.45, 2.75) is 39.0 Å². The van der Waals surface area contributed by atoms with Gasteiger partial charge in [-0.2, -0.15) is 0 Å². The fraction of sp³-hybridized carbons (Fsp3) is 1.00. The van der Waals surface area contributed by atoms with Crippen molar-refractivity contribution in [3.05, 3.63) is 0 Å². The first-order valence-corrected chi connectivity index (χ1v) is 4.33. The van der Waals surface area contributed by atoms with Gasteiger partial charge in [0.15, 0.2) is 0 Å². The Morgan fingerprint density at radius 3 is 2.64 bits per heavy atom. The van der Waals surface area contributed by atoms with Crippen LogP contribution in [0, 0.1) is 0 Å². The van der Waals surface area contributed by atoms with Crippen LogP contribution in [0.4, 0.5) is 0 Å². The maximum Gasteiger partial charge on any atom is 0.112 e. The molecule has 0 bridgehead atoms. The molecule has 0 aromatic carbocycles. The molecule has 3 nitrogen and oxygen atoms in total. The minimum Gasteiger partial charge on any atom is -0.303 e. The van der Waals surface area contributed by atoms with E-state index in [4.69, 9.17) is 5.73 Å². The molecule has 66 valence electrons. The lowest BCUT2D eigenvalue weighted by atomic mass is 10.00. The monoisotopic (exact) mass is 157 g/mol. The summed E-state index contributed by atoms with van der Waals surface area (Å²) in [5, 5.41) is 3.21. The maximum absolute atomic E-state index is 5.86. The zero-order valence-corrected chi connectivity index (χ0v) is 7.72. The lowest BCUT2D eigenvalue weighted by Gasteiger charge is -2.36. The molecule has 0 aromatic rings. The number of nitrogens with zero attached hydrogens (tertiary/aromatic N) is 1. The van der Waals surface area contributed by atoms with Gasteiger partial charge in [0, 0.05) is 18.6 Å². The second-order valence-corrected chi connectivity index (χ2v) is 3.76. The van der Waals surface area contributed by atoms with Crippen molar-refractivity contribution in [2.24, 2.45) is 5.73 Å². The zero-order valence-electron chi connectivity index (χ0n) is 7.72. The van der Waals surface area contributed by atoms with Gasteiger partial charge in [-0.05, 0) is 20.3 Å². The van der Waals surface area contributed by atoms with Gasteiger partial charge >= 0.3 is 0 Å². The van der Waals surface area contributed by atoms with Crippen LogP contribution < -0.4 is 11.1 Å². The third-order valence-corrected chi connectivity index (χ3v) is 2.68. The average Bonchev–Trinajstić information content (AvgIpc) is 2.36. The number of nitrogens with two attached hydrogens (primary N) is 1. The molecule has 11 heavy (non-hydrogen) atoms. The average molecular weight is 157 g/mol. The number of hydrogen-bond acceptors (Lipinski definition) is 3. The summed E-state index contributed by atoms with van der Waals surface area (Å²) in [6, 6.07) is 0.